The molecule has 0 spiro atoms. The van der Waals surface area contributed by atoms with Gasteiger partial charge >= 0.3 is 0 Å². The van der Waals surface area contributed by atoms with Gasteiger partial charge in [0, 0.05) is 31.8 Å². The summed E-state index contributed by atoms with van der Waals surface area (Å²) in [6, 6.07) is 1.51. The second kappa shape index (κ2) is 10.5. The monoisotopic (exact) mass is 443 g/mol. The van der Waals surface area contributed by atoms with Gasteiger partial charge in [0.2, 0.25) is 5.91 Å². The zero-order valence-electron chi connectivity index (χ0n) is 18.3. The molecule has 1 fully saturated rings. The van der Waals surface area contributed by atoms with Crippen LogP contribution < -0.4 is 14.8 Å². The molecule has 2 aliphatic rings. The Labute approximate surface area is 186 Å². The van der Waals surface area contributed by atoms with Crippen LogP contribution in [0.3, 0.4) is 0 Å². The number of ether oxygens (including phenoxy) is 3. The van der Waals surface area contributed by atoms with Gasteiger partial charge in [0.05, 0.1) is 25.0 Å². The van der Waals surface area contributed by atoms with Crippen LogP contribution in [0.5, 0.6) is 11.5 Å². The van der Waals surface area contributed by atoms with Gasteiger partial charge in [0.25, 0.3) is 0 Å². The molecule has 0 aliphatic carbocycles. The van der Waals surface area contributed by atoms with E-state index in [4.69, 9.17) is 14.2 Å². The van der Waals surface area contributed by atoms with Crippen LogP contribution in [-0.2, 0) is 16.1 Å². The van der Waals surface area contributed by atoms with Gasteiger partial charge in [-0.2, -0.15) is 0 Å². The van der Waals surface area contributed by atoms with E-state index in [2.05, 4.69) is 32.4 Å². The number of amides is 1. The van der Waals surface area contributed by atoms with Crippen molar-refractivity contribution in [3.63, 3.8) is 0 Å². The Morgan fingerprint density at radius 2 is 2.25 bits per heavy atom. The largest absolute Gasteiger partial charge is 0.486 e. The van der Waals surface area contributed by atoms with E-state index in [0.29, 0.717) is 62.5 Å². The molecule has 1 amide bonds. The van der Waals surface area contributed by atoms with Crippen LogP contribution in [0.25, 0.3) is 0 Å². The Kier molecular flexibility index (Phi) is 7.28. The molecular weight excluding hydrogens is 414 g/mol. The smallest absolute Gasteiger partial charge is 0.246 e. The number of piperidine rings is 1. The highest BCUT2D eigenvalue weighted by molar-refractivity contribution is 5.87. The number of carbonyl (C=O) groups excluding carboxylic acids is 1. The van der Waals surface area contributed by atoms with Crippen LogP contribution in [0, 0.1) is 0 Å². The summed E-state index contributed by atoms with van der Waals surface area (Å²) in [7, 11) is 0. The summed E-state index contributed by atoms with van der Waals surface area (Å²) in [5.74, 6) is 1.83. The molecule has 2 atom stereocenters. The molecule has 0 saturated carbocycles. The van der Waals surface area contributed by atoms with Crippen molar-refractivity contribution >= 4 is 5.91 Å². The predicted molar refractivity (Wildman–Crippen MR) is 114 cm³/mol. The van der Waals surface area contributed by atoms with Crippen molar-refractivity contribution in [1.29, 1.82) is 0 Å². The van der Waals surface area contributed by atoms with E-state index in [-0.39, 0.29) is 11.9 Å². The minimum atomic E-state index is -0.397. The standard InChI is InChI=1S/C21H29N7O4/c1-3-19(29)27-7-5-6-15(14-27)23-20(21-24-25-26-28(21)8-9-30-4-2)16-12-17-18(13-22-16)32-11-10-31-17/h3,12-13,15,20,23H,1,4-11,14H2,2H3. The number of nitrogens with one attached hydrogen (secondary N) is 1. The highest BCUT2D eigenvalue weighted by Crippen LogP contribution is 2.32. The second-order valence-corrected chi connectivity index (χ2v) is 7.64. The van der Waals surface area contributed by atoms with Gasteiger partial charge in [-0.05, 0) is 36.3 Å². The fourth-order valence-electron chi connectivity index (χ4n) is 3.97. The Hall–Kier alpha value is -3.05. The number of carbonyl (C=O) groups is 1. The minimum Gasteiger partial charge on any atom is -0.486 e. The summed E-state index contributed by atoms with van der Waals surface area (Å²) in [4.78, 5) is 18.6. The molecule has 1 saturated heterocycles. The van der Waals surface area contributed by atoms with Gasteiger partial charge in [-0.25, -0.2) is 4.68 Å². The van der Waals surface area contributed by atoms with E-state index in [1.165, 1.54) is 6.08 Å². The molecule has 2 aromatic heterocycles. The van der Waals surface area contributed by atoms with Gasteiger partial charge in [-0.3, -0.25) is 15.1 Å². The SMILES string of the molecule is C=CC(=O)N1CCCC(NC(c2cc3c(cn2)OCCO3)c2nnnn2CCOCC)C1. The fourth-order valence-corrected chi connectivity index (χ4v) is 3.97. The van der Waals surface area contributed by atoms with E-state index < -0.39 is 6.04 Å². The van der Waals surface area contributed by atoms with Crippen molar-refractivity contribution in [2.24, 2.45) is 0 Å². The molecular formula is C21H29N7O4. The van der Waals surface area contributed by atoms with Crippen molar-refractivity contribution in [3.8, 4) is 11.5 Å². The second-order valence-electron chi connectivity index (χ2n) is 7.64. The number of hydrogen-bond donors (Lipinski definition) is 1. The lowest BCUT2D eigenvalue weighted by Gasteiger charge is -2.34. The molecule has 2 aromatic rings. The lowest BCUT2D eigenvalue weighted by atomic mass is 10.0. The number of pyridine rings is 1. The first-order valence-corrected chi connectivity index (χ1v) is 11.0. The molecule has 0 aromatic carbocycles. The molecule has 1 N–H and O–H groups in total. The van der Waals surface area contributed by atoms with Crippen molar-refractivity contribution in [2.75, 3.05) is 39.5 Å². The summed E-state index contributed by atoms with van der Waals surface area (Å²) in [6.45, 7) is 9.49. The van der Waals surface area contributed by atoms with E-state index in [0.717, 1.165) is 19.4 Å². The third-order valence-corrected chi connectivity index (χ3v) is 5.53. The summed E-state index contributed by atoms with van der Waals surface area (Å²) in [5.41, 5.74) is 0.717. The van der Waals surface area contributed by atoms with E-state index >= 15 is 0 Å². The molecule has 2 aliphatic heterocycles. The molecule has 4 heterocycles. The van der Waals surface area contributed by atoms with E-state index in [1.54, 1.807) is 15.8 Å². The van der Waals surface area contributed by atoms with Crippen LogP contribution in [-0.4, -0.2) is 81.6 Å². The molecule has 32 heavy (non-hydrogen) atoms. The van der Waals surface area contributed by atoms with Gasteiger partial charge in [-0.15, -0.1) is 5.10 Å². The quantitative estimate of drug-likeness (QED) is 0.442. The molecule has 0 radical (unpaired) electrons. The fraction of sp³-hybridized carbons (Fsp3) is 0.571. The molecule has 11 nitrogen and oxygen atoms in total. The van der Waals surface area contributed by atoms with Crippen molar-refractivity contribution in [1.82, 2.24) is 35.4 Å². The van der Waals surface area contributed by atoms with Crippen LogP contribution in [0.15, 0.2) is 24.9 Å². The number of aromatic nitrogens is 5. The predicted octanol–water partition coefficient (Wildman–Crippen LogP) is 0.732. The number of hydrogen-bond acceptors (Lipinski definition) is 9. The average molecular weight is 444 g/mol. The highest BCUT2D eigenvalue weighted by Gasteiger charge is 2.30. The Balaban J connectivity index is 1.61. The van der Waals surface area contributed by atoms with Gasteiger partial charge in [0.15, 0.2) is 17.3 Å². The summed E-state index contributed by atoms with van der Waals surface area (Å²) < 4.78 is 18.6. The maximum absolute atomic E-state index is 12.1. The number of nitrogens with zero attached hydrogens (tertiary/aromatic N) is 6. The third kappa shape index (κ3) is 5.05. The van der Waals surface area contributed by atoms with Crippen molar-refractivity contribution in [2.45, 2.75) is 38.4 Å². The average Bonchev–Trinajstić information content (AvgIpc) is 3.30. The van der Waals surface area contributed by atoms with Crippen LogP contribution >= 0.6 is 0 Å². The van der Waals surface area contributed by atoms with Gasteiger partial charge in [-0.1, -0.05) is 6.58 Å². The topological polar surface area (TPSA) is 117 Å². The van der Waals surface area contributed by atoms with Gasteiger partial charge < -0.3 is 19.1 Å². The third-order valence-electron chi connectivity index (χ3n) is 5.53. The number of fused-ring (bicyclic) bond motifs is 1. The maximum atomic E-state index is 12.1. The molecule has 4 rings (SSSR count). The first kappa shape index (κ1) is 22.2. The summed E-state index contributed by atoms with van der Waals surface area (Å²) >= 11 is 0. The van der Waals surface area contributed by atoms with Crippen LogP contribution in [0.1, 0.15) is 37.3 Å². The van der Waals surface area contributed by atoms with E-state index in [9.17, 15) is 4.79 Å². The summed E-state index contributed by atoms with van der Waals surface area (Å²) in [6.07, 6.45) is 4.84. The highest BCUT2D eigenvalue weighted by atomic mass is 16.6. The Bertz CT molecular complexity index is 935. The first-order chi connectivity index (χ1) is 15.7. The minimum absolute atomic E-state index is 0.0460. The van der Waals surface area contributed by atoms with Crippen LogP contribution in [0.2, 0.25) is 0 Å². The Morgan fingerprint density at radius 3 is 3.06 bits per heavy atom. The molecule has 172 valence electrons. The first-order valence-electron chi connectivity index (χ1n) is 11.0. The number of tetrazole rings is 1. The Morgan fingerprint density at radius 1 is 1.41 bits per heavy atom. The van der Waals surface area contributed by atoms with Crippen molar-refractivity contribution in [3.05, 3.63) is 36.4 Å². The zero-order valence-corrected chi connectivity index (χ0v) is 18.3. The molecule has 11 heteroatoms. The zero-order chi connectivity index (χ0) is 22.3. The van der Waals surface area contributed by atoms with Crippen LogP contribution in [0.4, 0.5) is 0 Å². The molecule has 2 unspecified atom stereocenters. The van der Waals surface area contributed by atoms with Crippen molar-refractivity contribution < 1.29 is 19.0 Å². The number of rotatable bonds is 9. The lowest BCUT2D eigenvalue weighted by Crippen LogP contribution is -2.49. The molecule has 0 bridgehead atoms. The van der Waals surface area contributed by atoms with Gasteiger partial charge in [0.1, 0.15) is 19.3 Å². The normalized spacial score (nSPS) is 18.9. The maximum Gasteiger partial charge on any atom is 0.246 e. The number of likely N-dealkylation sites (tertiary alicyclic amines) is 1. The lowest BCUT2D eigenvalue weighted by molar-refractivity contribution is -0.127. The summed E-state index contributed by atoms with van der Waals surface area (Å²) in [5, 5.41) is 16.0. The van der Waals surface area contributed by atoms with E-state index in [1.807, 2.05) is 13.0 Å².